The summed E-state index contributed by atoms with van der Waals surface area (Å²) in [6, 6.07) is 4.80. The van der Waals surface area contributed by atoms with Gasteiger partial charge in [-0.3, -0.25) is 4.79 Å². The van der Waals surface area contributed by atoms with Gasteiger partial charge in [0.1, 0.15) is 11.3 Å². The van der Waals surface area contributed by atoms with Crippen LogP contribution in [0.25, 0.3) is 11.0 Å². The van der Waals surface area contributed by atoms with Crippen molar-refractivity contribution in [2.45, 2.75) is 32.6 Å². The van der Waals surface area contributed by atoms with Crippen LogP contribution < -0.4 is 10.2 Å². The maximum Gasteiger partial charge on any atom is 0.372 e. The molecule has 5 nitrogen and oxygen atoms in total. The molecule has 0 fully saturated rings. The van der Waals surface area contributed by atoms with Crippen LogP contribution in [0.5, 0.6) is 5.75 Å². The number of carboxylic acids is 1. The molecule has 0 aliphatic carbocycles. The second-order valence-corrected chi connectivity index (χ2v) is 4.86. The molecule has 0 atom stereocenters. The minimum absolute atomic E-state index is 0.232. The van der Waals surface area contributed by atoms with Crippen molar-refractivity contribution in [2.24, 2.45) is 0 Å². The molecular formula is C16H18O5. The van der Waals surface area contributed by atoms with Crippen molar-refractivity contribution in [2.75, 3.05) is 7.11 Å². The molecular weight excluding hydrogens is 272 g/mol. The quantitative estimate of drug-likeness (QED) is 0.826. The number of carbonyl (C=O) groups is 1. The highest BCUT2D eigenvalue weighted by Crippen LogP contribution is 2.22. The van der Waals surface area contributed by atoms with Gasteiger partial charge in [-0.15, -0.1) is 0 Å². The molecule has 0 bridgehead atoms. The monoisotopic (exact) mass is 290 g/mol. The number of rotatable bonds is 6. The van der Waals surface area contributed by atoms with Crippen LogP contribution in [0.3, 0.4) is 0 Å². The van der Waals surface area contributed by atoms with Crippen molar-refractivity contribution in [3.63, 3.8) is 0 Å². The number of hydrogen-bond acceptors (Lipinski definition) is 4. The predicted octanol–water partition coefficient (Wildman–Crippen LogP) is 3.23. The Morgan fingerprint density at radius 2 is 2.10 bits per heavy atom. The summed E-state index contributed by atoms with van der Waals surface area (Å²) in [6.07, 6.45) is 3.13. The van der Waals surface area contributed by atoms with Gasteiger partial charge in [-0.2, -0.15) is 0 Å². The Kier molecular flexibility index (Phi) is 4.62. The molecule has 1 heterocycles. The van der Waals surface area contributed by atoms with Crippen LogP contribution in [0.4, 0.5) is 0 Å². The predicted molar refractivity (Wildman–Crippen MR) is 79.2 cm³/mol. The number of aromatic carboxylic acids is 1. The molecule has 2 aromatic rings. The van der Waals surface area contributed by atoms with E-state index in [2.05, 4.69) is 0 Å². The average Bonchev–Trinajstić information content (AvgIpc) is 2.48. The van der Waals surface area contributed by atoms with E-state index in [1.54, 1.807) is 12.1 Å². The van der Waals surface area contributed by atoms with Crippen molar-refractivity contribution in [1.82, 2.24) is 0 Å². The Hall–Kier alpha value is -2.30. The number of hydrogen-bond donors (Lipinski definition) is 1. The third-order valence-corrected chi connectivity index (χ3v) is 3.42. The fourth-order valence-corrected chi connectivity index (χ4v) is 2.29. The van der Waals surface area contributed by atoms with E-state index in [9.17, 15) is 14.7 Å². The van der Waals surface area contributed by atoms with Crippen molar-refractivity contribution in [3.05, 3.63) is 39.7 Å². The number of unbranched alkanes of at least 4 members (excludes halogenated alkanes) is 2. The molecule has 0 aliphatic rings. The zero-order valence-corrected chi connectivity index (χ0v) is 12.1. The summed E-state index contributed by atoms with van der Waals surface area (Å²) < 4.78 is 10.5. The third kappa shape index (κ3) is 3.07. The lowest BCUT2D eigenvalue weighted by molar-refractivity contribution is 0.0661. The maximum absolute atomic E-state index is 12.5. The normalized spacial score (nSPS) is 10.8. The molecule has 0 radical (unpaired) electrons. The molecule has 112 valence electrons. The smallest absolute Gasteiger partial charge is 0.372 e. The van der Waals surface area contributed by atoms with E-state index in [4.69, 9.17) is 9.15 Å². The summed E-state index contributed by atoms with van der Waals surface area (Å²) in [5, 5.41) is 9.65. The van der Waals surface area contributed by atoms with Crippen molar-refractivity contribution in [3.8, 4) is 5.75 Å². The van der Waals surface area contributed by atoms with Crippen molar-refractivity contribution >= 4 is 16.9 Å². The maximum atomic E-state index is 12.5. The van der Waals surface area contributed by atoms with E-state index in [1.165, 1.54) is 13.2 Å². The van der Waals surface area contributed by atoms with Crippen molar-refractivity contribution in [1.29, 1.82) is 0 Å². The second kappa shape index (κ2) is 6.43. The number of carboxylic acid groups (broad SMARTS) is 1. The van der Waals surface area contributed by atoms with E-state index in [0.29, 0.717) is 17.6 Å². The Bertz CT molecular complexity index is 714. The summed E-state index contributed by atoms with van der Waals surface area (Å²) in [6.45, 7) is 2.05. The van der Waals surface area contributed by atoms with Crippen LogP contribution >= 0.6 is 0 Å². The fraction of sp³-hybridized carbons (Fsp3) is 0.375. The van der Waals surface area contributed by atoms with Gasteiger partial charge in [-0.1, -0.05) is 19.8 Å². The molecule has 0 spiro atoms. The molecule has 0 saturated carbocycles. The molecule has 5 heteroatoms. The minimum atomic E-state index is -1.22. The molecule has 2 rings (SSSR count). The van der Waals surface area contributed by atoms with Gasteiger partial charge in [-0.25, -0.2) is 4.79 Å². The van der Waals surface area contributed by atoms with Gasteiger partial charge in [0.25, 0.3) is 0 Å². The number of methoxy groups -OCH3 is 1. The van der Waals surface area contributed by atoms with Crippen LogP contribution in [0.1, 0.15) is 42.3 Å². The van der Waals surface area contributed by atoms with E-state index < -0.39 is 5.97 Å². The highest BCUT2D eigenvalue weighted by Gasteiger charge is 2.19. The minimum Gasteiger partial charge on any atom is -0.497 e. The van der Waals surface area contributed by atoms with Crippen LogP contribution in [-0.4, -0.2) is 18.2 Å². The first kappa shape index (κ1) is 15.1. The summed E-state index contributed by atoms with van der Waals surface area (Å²) in [4.78, 5) is 23.8. The van der Waals surface area contributed by atoms with Crippen LogP contribution in [0, 0.1) is 0 Å². The van der Waals surface area contributed by atoms with E-state index in [-0.39, 0.29) is 22.3 Å². The first-order chi connectivity index (χ1) is 10.1. The third-order valence-electron chi connectivity index (χ3n) is 3.42. The van der Waals surface area contributed by atoms with Gasteiger partial charge in [0, 0.05) is 6.07 Å². The highest BCUT2D eigenvalue weighted by atomic mass is 16.5. The molecule has 0 saturated heterocycles. The van der Waals surface area contributed by atoms with Gasteiger partial charge in [0.15, 0.2) is 5.43 Å². The van der Waals surface area contributed by atoms with Gasteiger partial charge in [-0.05, 0) is 25.0 Å². The van der Waals surface area contributed by atoms with Crippen LogP contribution in [-0.2, 0) is 6.42 Å². The summed E-state index contributed by atoms with van der Waals surface area (Å²) in [7, 11) is 1.50. The Labute approximate surface area is 122 Å². The number of benzene rings is 1. The molecule has 1 N–H and O–H groups in total. The standard InChI is InChI=1S/C16H18O5/c1-3-4-5-6-12-14(17)11-8-7-10(20-2)9-13(11)21-15(12)16(18)19/h7-9H,3-6H2,1-2H3,(H,18,19). The van der Waals surface area contributed by atoms with Gasteiger partial charge in [0.05, 0.1) is 18.1 Å². The molecule has 0 unspecified atom stereocenters. The fourth-order valence-electron chi connectivity index (χ4n) is 2.29. The Balaban J connectivity index is 2.60. The van der Waals surface area contributed by atoms with Gasteiger partial charge >= 0.3 is 5.97 Å². The zero-order valence-electron chi connectivity index (χ0n) is 12.1. The summed E-state index contributed by atoms with van der Waals surface area (Å²) >= 11 is 0. The molecule has 1 aromatic carbocycles. The number of fused-ring (bicyclic) bond motifs is 1. The lowest BCUT2D eigenvalue weighted by Crippen LogP contribution is -2.16. The average molecular weight is 290 g/mol. The zero-order chi connectivity index (χ0) is 15.4. The summed E-state index contributed by atoms with van der Waals surface area (Å²) in [5.74, 6) is -0.971. The largest absolute Gasteiger partial charge is 0.497 e. The Morgan fingerprint density at radius 1 is 1.33 bits per heavy atom. The summed E-state index contributed by atoms with van der Waals surface area (Å²) in [5.41, 5.74) is 0.206. The molecule has 0 amide bonds. The topological polar surface area (TPSA) is 76.7 Å². The molecule has 0 aliphatic heterocycles. The van der Waals surface area contributed by atoms with E-state index in [1.807, 2.05) is 6.92 Å². The van der Waals surface area contributed by atoms with Gasteiger partial charge < -0.3 is 14.3 Å². The highest BCUT2D eigenvalue weighted by molar-refractivity contribution is 5.89. The molecule has 21 heavy (non-hydrogen) atoms. The lowest BCUT2D eigenvalue weighted by Gasteiger charge is -2.07. The van der Waals surface area contributed by atoms with Gasteiger partial charge in [0.2, 0.25) is 5.76 Å². The van der Waals surface area contributed by atoms with E-state index in [0.717, 1.165) is 19.3 Å². The van der Waals surface area contributed by atoms with E-state index >= 15 is 0 Å². The first-order valence-electron chi connectivity index (χ1n) is 6.95. The van der Waals surface area contributed by atoms with Crippen LogP contribution in [0.2, 0.25) is 0 Å². The van der Waals surface area contributed by atoms with Crippen LogP contribution in [0.15, 0.2) is 27.4 Å². The number of ether oxygens (including phenoxy) is 1. The lowest BCUT2D eigenvalue weighted by atomic mass is 10.0. The van der Waals surface area contributed by atoms with Crippen molar-refractivity contribution < 1.29 is 19.1 Å². The first-order valence-corrected chi connectivity index (χ1v) is 6.95. The SMILES string of the molecule is CCCCCc1c(C(=O)O)oc2cc(OC)ccc2c1=O. The second-order valence-electron chi connectivity index (χ2n) is 4.86. The Morgan fingerprint density at radius 3 is 2.71 bits per heavy atom. The molecule has 1 aromatic heterocycles.